The van der Waals surface area contributed by atoms with Crippen LogP contribution in [0.2, 0.25) is 5.02 Å². The van der Waals surface area contributed by atoms with Crippen LogP contribution in [0.5, 0.6) is 11.5 Å². The summed E-state index contributed by atoms with van der Waals surface area (Å²) in [6, 6.07) is 14.1. The molecule has 1 amide bonds. The lowest BCUT2D eigenvalue weighted by Gasteiger charge is -2.14. The SMILES string of the molecule is COc1cc(OC)c(NC(=O)Cn2nc(Cc3cccnc3)c3ccccc3c2=O)cc1Cl. The number of methoxy groups -OCH3 is 2. The minimum Gasteiger partial charge on any atom is -0.495 e. The van der Waals surface area contributed by atoms with Gasteiger partial charge in [0, 0.05) is 30.3 Å². The van der Waals surface area contributed by atoms with Gasteiger partial charge < -0.3 is 14.8 Å². The lowest BCUT2D eigenvalue weighted by molar-refractivity contribution is -0.117. The third-order valence-corrected chi connectivity index (χ3v) is 5.38. The number of pyridine rings is 1. The number of carbonyl (C=O) groups excluding carboxylic acids is 1. The largest absolute Gasteiger partial charge is 0.495 e. The van der Waals surface area contributed by atoms with Crippen molar-refractivity contribution in [3.63, 3.8) is 0 Å². The number of nitrogens with one attached hydrogen (secondary N) is 1. The molecule has 2 aromatic carbocycles. The van der Waals surface area contributed by atoms with E-state index in [0.29, 0.717) is 39.7 Å². The van der Waals surface area contributed by atoms with E-state index in [0.717, 1.165) is 10.9 Å². The normalized spacial score (nSPS) is 10.8. The summed E-state index contributed by atoms with van der Waals surface area (Å²) >= 11 is 6.19. The van der Waals surface area contributed by atoms with Crippen molar-refractivity contribution in [1.29, 1.82) is 0 Å². The molecule has 2 aromatic heterocycles. The van der Waals surface area contributed by atoms with E-state index >= 15 is 0 Å². The summed E-state index contributed by atoms with van der Waals surface area (Å²) in [6.45, 7) is -0.281. The van der Waals surface area contributed by atoms with E-state index in [1.165, 1.54) is 25.0 Å². The molecule has 33 heavy (non-hydrogen) atoms. The molecule has 168 valence electrons. The van der Waals surface area contributed by atoms with E-state index in [2.05, 4.69) is 15.4 Å². The molecule has 1 N–H and O–H groups in total. The summed E-state index contributed by atoms with van der Waals surface area (Å²) in [5.74, 6) is 0.339. The van der Waals surface area contributed by atoms with E-state index in [9.17, 15) is 9.59 Å². The quantitative estimate of drug-likeness (QED) is 0.448. The number of rotatable bonds is 7. The maximum atomic E-state index is 13.0. The molecule has 4 rings (SSSR count). The zero-order valence-corrected chi connectivity index (χ0v) is 18.8. The summed E-state index contributed by atoms with van der Waals surface area (Å²) in [4.78, 5) is 30.0. The highest BCUT2D eigenvalue weighted by molar-refractivity contribution is 6.32. The zero-order chi connectivity index (χ0) is 23.4. The number of nitrogens with zero attached hydrogens (tertiary/aromatic N) is 3. The van der Waals surface area contributed by atoms with Crippen LogP contribution < -0.4 is 20.3 Å². The average molecular weight is 465 g/mol. The lowest BCUT2D eigenvalue weighted by atomic mass is 10.1. The van der Waals surface area contributed by atoms with Crippen LogP contribution in [0.4, 0.5) is 5.69 Å². The van der Waals surface area contributed by atoms with Gasteiger partial charge in [-0.1, -0.05) is 35.9 Å². The Morgan fingerprint density at radius 3 is 2.52 bits per heavy atom. The predicted molar refractivity (Wildman–Crippen MR) is 126 cm³/mol. The number of anilines is 1. The number of hydrogen-bond acceptors (Lipinski definition) is 6. The molecule has 0 fully saturated rings. The van der Waals surface area contributed by atoms with Crippen molar-refractivity contribution in [3.05, 3.63) is 87.6 Å². The van der Waals surface area contributed by atoms with Crippen LogP contribution in [0.1, 0.15) is 11.3 Å². The van der Waals surface area contributed by atoms with Crippen molar-refractivity contribution in [2.45, 2.75) is 13.0 Å². The predicted octanol–water partition coefficient (Wildman–Crippen LogP) is 3.69. The number of aromatic nitrogens is 3. The van der Waals surface area contributed by atoms with Crippen LogP contribution >= 0.6 is 11.6 Å². The van der Waals surface area contributed by atoms with Gasteiger partial charge in [0.25, 0.3) is 5.56 Å². The lowest BCUT2D eigenvalue weighted by Crippen LogP contribution is -2.30. The Bertz CT molecular complexity index is 1370. The second kappa shape index (κ2) is 9.70. The van der Waals surface area contributed by atoms with Crippen LogP contribution in [-0.2, 0) is 17.8 Å². The van der Waals surface area contributed by atoms with E-state index in [-0.39, 0.29) is 12.1 Å². The van der Waals surface area contributed by atoms with Gasteiger partial charge in [0.2, 0.25) is 5.91 Å². The number of hydrogen-bond donors (Lipinski definition) is 1. The highest BCUT2D eigenvalue weighted by Gasteiger charge is 2.16. The maximum Gasteiger partial charge on any atom is 0.275 e. The number of carbonyl (C=O) groups is 1. The summed E-state index contributed by atoms with van der Waals surface area (Å²) in [6.07, 6.45) is 3.91. The Balaban J connectivity index is 1.66. The Kier molecular flexibility index (Phi) is 6.55. The van der Waals surface area contributed by atoms with Gasteiger partial charge >= 0.3 is 0 Å². The van der Waals surface area contributed by atoms with Crippen molar-refractivity contribution in [2.75, 3.05) is 19.5 Å². The Morgan fingerprint density at radius 1 is 1.06 bits per heavy atom. The van der Waals surface area contributed by atoms with E-state index in [1.807, 2.05) is 24.3 Å². The molecule has 0 aliphatic rings. The average Bonchev–Trinajstić information content (AvgIpc) is 2.83. The first kappa shape index (κ1) is 22.3. The molecule has 0 saturated carbocycles. The minimum absolute atomic E-state index is 0.281. The fraction of sp³-hybridized carbons (Fsp3) is 0.167. The summed E-state index contributed by atoms with van der Waals surface area (Å²) in [5.41, 5.74) is 1.63. The van der Waals surface area contributed by atoms with Crippen LogP contribution in [-0.4, -0.2) is 34.9 Å². The van der Waals surface area contributed by atoms with Gasteiger partial charge in [-0.05, 0) is 23.8 Å². The van der Waals surface area contributed by atoms with Gasteiger partial charge in [-0.25, -0.2) is 4.68 Å². The van der Waals surface area contributed by atoms with Crippen molar-refractivity contribution in [2.24, 2.45) is 0 Å². The molecule has 0 atom stereocenters. The number of benzene rings is 2. The molecule has 2 heterocycles. The Morgan fingerprint density at radius 2 is 1.82 bits per heavy atom. The van der Waals surface area contributed by atoms with Gasteiger partial charge in [-0.2, -0.15) is 5.10 Å². The number of fused-ring (bicyclic) bond motifs is 1. The van der Waals surface area contributed by atoms with Crippen LogP contribution in [0.3, 0.4) is 0 Å². The minimum atomic E-state index is -0.452. The molecule has 0 unspecified atom stereocenters. The van der Waals surface area contributed by atoms with E-state index < -0.39 is 5.91 Å². The van der Waals surface area contributed by atoms with Gasteiger partial charge in [-0.15, -0.1) is 0 Å². The van der Waals surface area contributed by atoms with Gasteiger partial charge in [0.1, 0.15) is 18.0 Å². The van der Waals surface area contributed by atoms with E-state index in [1.54, 1.807) is 30.6 Å². The first-order valence-electron chi connectivity index (χ1n) is 10.1. The van der Waals surface area contributed by atoms with Crippen molar-refractivity contribution >= 4 is 34.0 Å². The fourth-order valence-corrected chi connectivity index (χ4v) is 3.76. The van der Waals surface area contributed by atoms with E-state index in [4.69, 9.17) is 21.1 Å². The van der Waals surface area contributed by atoms with Crippen LogP contribution in [0, 0.1) is 0 Å². The fourth-order valence-electron chi connectivity index (χ4n) is 3.52. The first-order valence-corrected chi connectivity index (χ1v) is 10.5. The van der Waals surface area contributed by atoms with Gasteiger partial charge in [-0.3, -0.25) is 14.6 Å². The Labute approximate surface area is 194 Å². The first-order chi connectivity index (χ1) is 16.0. The molecule has 0 bridgehead atoms. The molecular formula is C24H21ClN4O4. The van der Waals surface area contributed by atoms with Crippen molar-refractivity contribution in [1.82, 2.24) is 14.8 Å². The molecule has 0 aliphatic carbocycles. The van der Waals surface area contributed by atoms with Crippen molar-refractivity contribution < 1.29 is 14.3 Å². The zero-order valence-electron chi connectivity index (χ0n) is 18.0. The van der Waals surface area contributed by atoms with Crippen LogP contribution in [0.25, 0.3) is 10.8 Å². The third-order valence-electron chi connectivity index (χ3n) is 5.08. The highest BCUT2D eigenvalue weighted by Crippen LogP contribution is 2.35. The number of amides is 1. The summed E-state index contributed by atoms with van der Waals surface area (Å²) in [7, 11) is 2.96. The topological polar surface area (TPSA) is 95.3 Å². The molecule has 0 radical (unpaired) electrons. The molecule has 8 nitrogen and oxygen atoms in total. The molecule has 4 aromatic rings. The Hall–Kier alpha value is -3.91. The third kappa shape index (κ3) is 4.80. The smallest absolute Gasteiger partial charge is 0.275 e. The molecule has 0 aliphatic heterocycles. The molecule has 0 saturated heterocycles. The maximum absolute atomic E-state index is 13.0. The number of halogens is 1. The molecular weight excluding hydrogens is 444 g/mol. The second-order valence-electron chi connectivity index (χ2n) is 7.23. The molecule has 9 heteroatoms. The second-order valence-corrected chi connectivity index (χ2v) is 7.64. The van der Waals surface area contributed by atoms with Crippen LogP contribution in [0.15, 0.2) is 65.7 Å². The standard InChI is InChI=1S/C24H21ClN4O4/c1-32-21-12-22(33-2)20(11-18(21)25)27-23(30)14-29-24(31)17-8-4-3-7-16(17)19(28-29)10-15-6-5-9-26-13-15/h3-9,11-13H,10,14H2,1-2H3,(H,27,30). The van der Waals surface area contributed by atoms with Gasteiger partial charge in [0.15, 0.2) is 0 Å². The highest BCUT2D eigenvalue weighted by atomic mass is 35.5. The molecule has 0 spiro atoms. The summed E-state index contributed by atoms with van der Waals surface area (Å²) in [5, 5.41) is 8.78. The number of ether oxygens (including phenoxy) is 2. The summed E-state index contributed by atoms with van der Waals surface area (Å²) < 4.78 is 11.7. The monoisotopic (exact) mass is 464 g/mol. The van der Waals surface area contributed by atoms with Crippen molar-refractivity contribution in [3.8, 4) is 11.5 Å². The van der Waals surface area contributed by atoms with Gasteiger partial charge in [0.05, 0.1) is 36.0 Å².